The van der Waals surface area contributed by atoms with Crippen LogP contribution in [0.15, 0.2) is 24.3 Å². The number of piperidine rings is 1. The molecule has 1 aromatic rings. The van der Waals surface area contributed by atoms with E-state index in [-0.39, 0.29) is 68.7 Å². The smallest absolute Gasteiger partial charge is 0.451 e. The molecule has 2 rings (SSSR count). The number of hydrogen-bond acceptors (Lipinski definition) is 7. The molecule has 1 saturated heterocycles. The van der Waals surface area contributed by atoms with Crippen molar-refractivity contribution in [2.75, 3.05) is 13.1 Å². The van der Waals surface area contributed by atoms with Gasteiger partial charge in [0, 0.05) is 13.1 Å². The van der Waals surface area contributed by atoms with E-state index in [1.54, 1.807) is 12.1 Å². The highest BCUT2D eigenvalue weighted by molar-refractivity contribution is 6.40. The van der Waals surface area contributed by atoms with Gasteiger partial charge in [-0.15, -0.1) is 24.8 Å². The topological polar surface area (TPSA) is 170 Å². The minimum absolute atomic E-state index is 0. The number of halogens is 2. The first-order valence-corrected chi connectivity index (χ1v) is 8.81. The molecule has 29 heavy (non-hydrogen) atoms. The molecule has 12 heteroatoms. The van der Waals surface area contributed by atoms with Crippen LogP contribution in [-0.4, -0.2) is 68.8 Å². The Balaban J connectivity index is 0.00000392. The summed E-state index contributed by atoms with van der Waals surface area (Å²) >= 11 is 0. The molecule has 0 aromatic heterocycles. The monoisotopic (exact) mass is 451 g/mol. The number of phenolic OH excluding ortho intramolecular Hbond substituents is 1. The number of benzene rings is 1. The first kappa shape index (κ1) is 27.4. The van der Waals surface area contributed by atoms with Gasteiger partial charge in [0.25, 0.3) is 0 Å². The Bertz CT molecular complexity index is 682. The maximum atomic E-state index is 12.8. The Morgan fingerprint density at radius 2 is 1.83 bits per heavy atom. The van der Waals surface area contributed by atoms with E-state index in [4.69, 9.17) is 21.5 Å². The molecule has 9 nitrogen and oxygen atoms in total. The second-order valence-corrected chi connectivity index (χ2v) is 7.29. The van der Waals surface area contributed by atoms with Crippen molar-refractivity contribution in [2.24, 2.45) is 17.4 Å². The fourth-order valence-electron chi connectivity index (χ4n) is 3.47. The largest absolute Gasteiger partial charge is 0.508 e. The lowest BCUT2D eigenvalue weighted by Gasteiger charge is -2.42. The van der Waals surface area contributed by atoms with E-state index in [0.717, 1.165) is 5.56 Å². The molecule has 1 amide bonds. The molecule has 1 heterocycles. The van der Waals surface area contributed by atoms with Gasteiger partial charge in [-0.2, -0.15) is 0 Å². The van der Waals surface area contributed by atoms with E-state index >= 15 is 0 Å². The number of nitrogens with two attached hydrogens (primary N) is 2. The molecule has 0 radical (unpaired) electrons. The van der Waals surface area contributed by atoms with Gasteiger partial charge in [-0.1, -0.05) is 18.6 Å². The number of carboxylic acids is 1. The number of aliphatic carboxylic acids is 1. The number of amides is 1. The predicted octanol–water partition coefficient (Wildman–Crippen LogP) is -0.401. The highest BCUT2D eigenvalue weighted by Crippen LogP contribution is 2.28. The molecular weight excluding hydrogens is 424 g/mol. The zero-order valence-corrected chi connectivity index (χ0v) is 17.4. The standard InChI is InChI=1S/C17H26BN3O6.2ClH/c19-14(7-11-1-3-13(22)4-2-11)15(23)21-9-12(5-6-18(26)27)8-17(20,10-21)16(24)25;;/h1-4,12,14,22,26-27H,5-10,19-20H2,(H,24,25);2*1H/t12-,14?,17+;;/m0../s1. The number of carbonyl (C=O) groups excluding carboxylic acids is 1. The van der Waals surface area contributed by atoms with Crippen LogP contribution in [0.5, 0.6) is 5.75 Å². The van der Waals surface area contributed by atoms with Gasteiger partial charge >= 0.3 is 13.1 Å². The van der Waals surface area contributed by atoms with Crippen LogP contribution >= 0.6 is 24.8 Å². The summed E-state index contributed by atoms with van der Waals surface area (Å²) in [7, 11) is -1.50. The van der Waals surface area contributed by atoms with Crippen LogP contribution in [0.3, 0.4) is 0 Å². The van der Waals surface area contributed by atoms with Crippen molar-refractivity contribution in [1.29, 1.82) is 0 Å². The molecule has 1 unspecified atom stereocenters. The lowest BCUT2D eigenvalue weighted by atomic mass is 9.75. The molecular formula is C17H28BCl2N3O6. The number of carbonyl (C=O) groups is 2. The first-order chi connectivity index (χ1) is 12.6. The van der Waals surface area contributed by atoms with E-state index < -0.39 is 30.6 Å². The zero-order chi connectivity index (χ0) is 20.2. The molecule has 0 bridgehead atoms. The minimum Gasteiger partial charge on any atom is -0.508 e. The van der Waals surface area contributed by atoms with Crippen molar-refractivity contribution < 1.29 is 29.9 Å². The summed E-state index contributed by atoms with van der Waals surface area (Å²) in [5.74, 6) is -1.78. The van der Waals surface area contributed by atoms with Gasteiger partial charge in [-0.3, -0.25) is 9.59 Å². The fourth-order valence-corrected chi connectivity index (χ4v) is 3.47. The predicted molar refractivity (Wildman–Crippen MR) is 113 cm³/mol. The Morgan fingerprint density at radius 1 is 1.24 bits per heavy atom. The number of likely N-dealkylation sites (tertiary alicyclic amines) is 1. The third kappa shape index (κ3) is 7.65. The van der Waals surface area contributed by atoms with Gasteiger partial charge in [0.1, 0.15) is 11.3 Å². The molecule has 1 aromatic carbocycles. The zero-order valence-electron chi connectivity index (χ0n) is 15.8. The Kier molecular flexibility index (Phi) is 11.0. The number of aromatic hydroxyl groups is 1. The van der Waals surface area contributed by atoms with Crippen molar-refractivity contribution in [3.05, 3.63) is 29.8 Å². The van der Waals surface area contributed by atoms with Crippen LogP contribution in [0, 0.1) is 5.92 Å². The summed E-state index contributed by atoms with van der Waals surface area (Å²) in [6, 6.07) is 5.44. The summed E-state index contributed by atoms with van der Waals surface area (Å²) < 4.78 is 0. The number of hydrogen-bond donors (Lipinski definition) is 6. The average molecular weight is 452 g/mol. The SMILES string of the molecule is Cl.Cl.NC(Cc1ccc(O)cc1)C(=O)N1C[C@@H](CCB(O)O)C[C@](N)(C(=O)O)C1. The van der Waals surface area contributed by atoms with Crippen molar-refractivity contribution in [2.45, 2.75) is 37.2 Å². The van der Waals surface area contributed by atoms with Crippen LogP contribution < -0.4 is 11.5 Å². The van der Waals surface area contributed by atoms with Crippen molar-refractivity contribution in [3.63, 3.8) is 0 Å². The molecule has 0 saturated carbocycles. The Morgan fingerprint density at radius 3 is 2.34 bits per heavy atom. The minimum atomic E-state index is -1.60. The van der Waals surface area contributed by atoms with Gasteiger partial charge in [-0.25, -0.2) is 0 Å². The summed E-state index contributed by atoms with van der Waals surface area (Å²) in [5.41, 5.74) is 11.2. The fraction of sp³-hybridized carbons (Fsp3) is 0.529. The quantitative estimate of drug-likeness (QED) is 0.304. The van der Waals surface area contributed by atoms with Gasteiger partial charge in [-0.05, 0) is 42.8 Å². The third-order valence-corrected chi connectivity index (χ3v) is 4.88. The Labute approximate surface area is 182 Å². The maximum Gasteiger partial charge on any atom is 0.451 e. The van der Waals surface area contributed by atoms with Crippen LogP contribution in [0.2, 0.25) is 6.32 Å². The van der Waals surface area contributed by atoms with Crippen LogP contribution in [0.1, 0.15) is 18.4 Å². The number of carboxylic acid groups (broad SMARTS) is 1. The van der Waals surface area contributed by atoms with Gasteiger partial charge < -0.3 is 36.6 Å². The lowest BCUT2D eigenvalue weighted by molar-refractivity contribution is -0.149. The number of rotatable bonds is 7. The molecule has 1 fully saturated rings. The lowest BCUT2D eigenvalue weighted by Crippen LogP contribution is -2.64. The van der Waals surface area contributed by atoms with E-state index in [1.165, 1.54) is 17.0 Å². The molecule has 164 valence electrons. The molecule has 8 N–H and O–H groups in total. The molecule has 1 aliphatic heterocycles. The molecule has 1 aliphatic rings. The second-order valence-electron chi connectivity index (χ2n) is 7.29. The first-order valence-electron chi connectivity index (χ1n) is 8.81. The van der Waals surface area contributed by atoms with Crippen LogP contribution in [0.4, 0.5) is 0 Å². The molecule has 3 atom stereocenters. The maximum absolute atomic E-state index is 12.8. The highest BCUT2D eigenvalue weighted by atomic mass is 35.5. The van der Waals surface area contributed by atoms with E-state index in [9.17, 15) is 19.8 Å². The van der Waals surface area contributed by atoms with Crippen LogP contribution in [-0.2, 0) is 16.0 Å². The number of nitrogens with zero attached hydrogens (tertiary/aromatic N) is 1. The average Bonchev–Trinajstić information content (AvgIpc) is 2.60. The molecule has 0 spiro atoms. The van der Waals surface area contributed by atoms with E-state index in [1.807, 2.05) is 0 Å². The van der Waals surface area contributed by atoms with Gasteiger partial charge in [0.2, 0.25) is 5.91 Å². The third-order valence-electron chi connectivity index (χ3n) is 4.88. The van der Waals surface area contributed by atoms with Crippen molar-refractivity contribution in [3.8, 4) is 5.75 Å². The molecule has 0 aliphatic carbocycles. The van der Waals surface area contributed by atoms with Crippen molar-refractivity contribution in [1.82, 2.24) is 4.90 Å². The summed E-state index contributed by atoms with van der Waals surface area (Å²) in [6.07, 6.45) is 0.787. The normalized spacial score (nSPS) is 22.1. The number of phenols is 1. The van der Waals surface area contributed by atoms with Gasteiger partial charge in [0.05, 0.1) is 6.04 Å². The second kappa shape index (κ2) is 11.6. The summed E-state index contributed by atoms with van der Waals surface area (Å²) in [5, 5.41) is 36.9. The Hall–Kier alpha value is -1.56. The summed E-state index contributed by atoms with van der Waals surface area (Å²) in [6.45, 7) is 0.115. The van der Waals surface area contributed by atoms with Crippen LogP contribution in [0.25, 0.3) is 0 Å². The van der Waals surface area contributed by atoms with E-state index in [0.29, 0.717) is 6.42 Å². The van der Waals surface area contributed by atoms with Crippen molar-refractivity contribution >= 4 is 43.8 Å². The summed E-state index contributed by atoms with van der Waals surface area (Å²) in [4.78, 5) is 25.7. The highest BCUT2D eigenvalue weighted by Gasteiger charge is 2.44. The van der Waals surface area contributed by atoms with E-state index in [2.05, 4.69) is 0 Å². The van der Waals surface area contributed by atoms with Gasteiger partial charge in [0.15, 0.2) is 0 Å².